The Balaban J connectivity index is 1.77. The summed E-state index contributed by atoms with van der Waals surface area (Å²) in [5.41, 5.74) is -2.41. The predicted octanol–water partition coefficient (Wildman–Crippen LogP) is 4.18. The highest BCUT2D eigenvalue weighted by Gasteiger charge is 2.53. The molecule has 0 aliphatic carbocycles. The molecule has 2 radical (unpaired) electrons. The quantitative estimate of drug-likeness (QED) is 0.480. The first kappa shape index (κ1) is 23.6. The molecule has 8 nitrogen and oxygen atoms in total. The summed E-state index contributed by atoms with van der Waals surface area (Å²) in [7, 11) is -3.49. The molecule has 0 aromatic heterocycles. The second kappa shape index (κ2) is 7.24. The molecular weight excluding hydrogens is 393 g/mol. The van der Waals surface area contributed by atoms with Crippen LogP contribution in [-0.2, 0) is 24.0 Å². The van der Waals surface area contributed by atoms with Crippen LogP contribution >= 0.6 is 7.75 Å². The van der Waals surface area contributed by atoms with Crippen molar-refractivity contribution < 1.29 is 24.0 Å². The second-order valence-electron chi connectivity index (χ2n) is 11.5. The lowest BCUT2D eigenvalue weighted by atomic mass is 9.80. The van der Waals surface area contributed by atoms with E-state index in [1.165, 1.54) is 0 Å². The molecule has 0 atom stereocenters. The summed E-state index contributed by atoms with van der Waals surface area (Å²) in [5.74, 6) is 0. The van der Waals surface area contributed by atoms with Gasteiger partial charge in [0.1, 0.15) is 0 Å². The maximum atomic E-state index is 13.8. The largest absolute Gasteiger partial charge is 0.408 e. The van der Waals surface area contributed by atoms with Crippen LogP contribution in [0.25, 0.3) is 0 Å². The molecule has 0 aromatic carbocycles. The molecule has 0 amide bonds. The minimum Gasteiger partial charge on any atom is -0.293 e. The van der Waals surface area contributed by atoms with Crippen LogP contribution < -0.4 is 0 Å². The highest BCUT2D eigenvalue weighted by Crippen LogP contribution is 2.61. The summed E-state index contributed by atoms with van der Waals surface area (Å²) in [6, 6.07) is 0. The smallest absolute Gasteiger partial charge is 0.293 e. The fourth-order valence-corrected chi connectivity index (χ4v) is 7.26. The molecule has 0 spiro atoms. The van der Waals surface area contributed by atoms with Crippen LogP contribution in [0.1, 0.15) is 81.1 Å². The summed E-state index contributed by atoms with van der Waals surface area (Å²) < 4.78 is 27.9. The van der Waals surface area contributed by atoms with Gasteiger partial charge in [-0.05, 0) is 81.1 Å². The average Bonchev–Trinajstić information content (AvgIpc) is 3.34. The molecule has 3 saturated heterocycles. The fourth-order valence-electron chi connectivity index (χ4n) is 5.32. The van der Waals surface area contributed by atoms with Gasteiger partial charge in [0, 0.05) is 35.2 Å². The third-order valence-electron chi connectivity index (χ3n) is 6.44. The van der Waals surface area contributed by atoms with Gasteiger partial charge < -0.3 is 0 Å². The van der Waals surface area contributed by atoms with Gasteiger partial charge in [0.25, 0.3) is 0 Å². The molecule has 9 heteroatoms. The molecule has 29 heavy (non-hydrogen) atoms. The van der Waals surface area contributed by atoms with E-state index >= 15 is 0 Å². The molecule has 0 N–H and O–H groups in total. The summed E-state index contributed by atoms with van der Waals surface area (Å²) in [6.07, 6.45) is 1.34. The normalized spacial score (nSPS) is 31.1. The van der Waals surface area contributed by atoms with Gasteiger partial charge in [0.05, 0.1) is 12.2 Å². The van der Waals surface area contributed by atoms with E-state index < -0.39 is 29.9 Å². The SMILES string of the molecule is CC1(C)CC(OP(=O)(OC2CC(C)(C)N([O])C(C)(C)C2)N2CC2)CC(C)(C)N1[O]. The lowest BCUT2D eigenvalue weighted by Gasteiger charge is -2.51. The first-order valence-corrected chi connectivity index (χ1v) is 12.2. The van der Waals surface area contributed by atoms with Crippen molar-refractivity contribution in [1.29, 1.82) is 0 Å². The van der Waals surface area contributed by atoms with Crippen LogP contribution in [0.3, 0.4) is 0 Å². The van der Waals surface area contributed by atoms with Gasteiger partial charge in [-0.25, -0.2) is 9.24 Å². The van der Waals surface area contributed by atoms with E-state index in [-0.39, 0.29) is 12.2 Å². The second-order valence-corrected chi connectivity index (χ2v) is 13.5. The Labute approximate surface area is 175 Å². The lowest BCUT2D eigenvalue weighted by molar-refractivity contribution is -0.299. The van der Waals surface area contributed by atoms with Crippen LogP contribution in [0.5, 0.6) is 0 Å². The minimum atomic E-state index is -3.49. The Bertz CT molecular complexity index is 593. The Kier molecular flexibility index (Phi) is 5.89. The van der Waals surface area contributed by atoms with Crippen LogP contribution in [0, 0.1) is 0 Å². The van der Waals surface area contributed by atoms with Gasteiger partial charge in [-0.2, -0.15) is 0 Å². The minimum absolute atomic E-state index is 0.322. The Hall–Kier alpha value is -0.0500. The third-order valence-corrected chi connectivity index (χ3v) is 8.66. The molecule has 3 heterocycles. The third kappa shape index (κ3) is 4.75. The van der Waals surface area contributed by atoms with Crippen molar-refractivity contribution in [3.8, 4) is 0 Å². The summed E-state index contributed by atoms with van der Waals surface area (Å²) in [5, 5.41) is 27.5. The number of hydrogen-bond donors (Lipinski definition) is 0. The van der Waals surface area contributed by atoms with Crippen molar-refractivity contribution in [1.82, 2.24) is 14.8 Å². The van der Waals surface area contributed by atoms with Crippen molar-refractivity contribution in [3.05, 3.63) is 0 Å². The number of piperidine rings is 2. The Morgan fingerprint density at radius 2 is 0.931 bits per heavy atom. The molecular formula is C20H38N3O5P. The monoisotopic (exact) mass is 431 g/mol. The van der Waals surface area contributed by atoms with Crippen LogP contribution in [0.15, 0.2) is 0 Å². The van der Waals surface area contributed by atoms with Gasteiger partial charge in [0.2, 0.25) is 0 Å². The molecule has 3 fully saturated rings. The fraction of sp³-hybridized carbons (Fsp3) is 1.00. The molecule has 3 aliphatic rings. The van der Waals surface area contributed by atoms with E-state index in [2.05, 4.69) is 0 Å². The number of rotatable bonds is 5. The molecule has 168 valence electrons. The summed E-state index contributed by atoms with van der Waals surface area (Å²) >= 11 is 0. The van der Waals surface area contributed by atoms with E-state index in [0.29, 0.717) is 38.8 Å². The zero-order valence-electron chi connectivity index (χ0n) is 19.2. The van der Waals surface area contributed by atoms with E-state index in [4.69, 9.17) is 9.05 Å². The predicted molar refractivity (Wildman–Crippen MR) is 109 cm³/mol. The van der Waals surface area contributed by atoms with Gasteiger partial charge in [-0.1, -0.05) is 0 Å². The summed E-state index contributed by atoms with van der Waals surface area (Å²) in [4.78, 5) is 0. The molecule has 0 unspecified atom stereocenters. The first-order valence-electron chi connectivity index (χ1n) is 10.7. The van der Waals surface area contributed by atoms with E-state index in [1.807, 2.05) is 55.4 Å². The van der Waals surface area contributed by atoms with E-state index in [1.54, 1.807) is 4.67 Å². The van der Waals surface area contributed by atoms with Crippen LogP contribution in [-0.4, -0.2) is 62.2 Å². The van der Waals surface area contributed by atoms with Crippen LogP contribution in [0.4, 0.5) is 0 Å². The number of hydroxylamine groups is 4. The maximum absolute atomic E-state index is 13.8. The van der Waals surface area contributed by atoms with Crippen molar-refractivity contribution in [3.63, 3.8) is 0 Å². The number of hydrogen-bond acceptors (Lipinski definition) is 5. The van der Waals surface area contributed by atoms with Crippen molar-refractivity contribution in [2.75, 3.05) is 13.1 Å². The van der Waals surface area contributed by atoms with Crippen molar-refractivity contribution in [2.24, 2.45) is 0 Å². The average molecular weight is 432 g/mol. The lowest BCUT2D eigenvalue weighted by Crippen LogP contribution is -2.60. The summed E-state index contributed by atoms with van der Waals surface area (Å²) in [6.45, 7) is 16.5. The zero-order valence-corrected chi connectivity index (χ0v) is 20.1. The van der Waals surface area contributed by atoms with Gasteiger partial charge in [0.15, 0.2) is 0 Å². The van der Waals surface area contributed by atoms with Gasteiger partial charge in [-0.15, -0.1) is 20.5 Å². The van der Waals surface area contributed by atoms with E-state index in [0.717, 1.165) is 10.1 Å². The highest BCUT2D eigenvalue weighted by molar-refractivity contribution is 7.51. The van der Waals surface area contributed by atoms with Gasteiger partial charge >= 0.3 is 7.75 Å². The highest BCUT2D eigenvalue weighted by atomic mass is 31.2. The topological polar surface area (TPSA) is 84.8 Å². The van der Waals surface area contributed by atoms with Crippen molar-refractivity contribution in [2.45, 2.75) is 115 Å². The molecule has 3 aliphatic heterocycles. The Morgan fingerprint density at radius 1 is 0.655 bits per heavy atom. The molecule has 0 saturated carbocycles. The Morgan fingerprint density at radius 3 is 1.17 bits per heavy atom. The van der Waals surface area contributed by atoms with Crippen molar-refractivity contribution >= 4 is 7.75 Å². The van der Waals surface area contributed by atoms with Crippen LogP contribution in [0.2, 0.25) is 0 Å². The standard InChI is InChI=1S/C20H38N3O5P/c1-17(2)11-15(12-18(3,4)22(17)24)27-29(26,21-9-10-21)28-16-13-19(5,6)23(25)20(7,8)14-16/h15-16H,9-14H2,1-8H3. The number of nitrogens with zero attached hydrogens (tertiary/aromatic N) is 3. The zero-order chi connectivity index (χ0) is 22.0. The molecule has 0 aromatic rings. The van der Waals surface area contributed by atoms with E-state index in [9.17, 15) is 15.0 Å². The molecule has 3 rings (SSSR count). The maximum Gasteiger partial charge on any atom is 0.408 e. The first-order chi connectivity index (χ1) is 13.0. The van der Waals surface area contributed by atoms with Gasteiger partial charge in [-0.3, -0.25) is 9.05 Å². The molecule has 0 bridgehead atoms.